The molecule has 0 radical (unpaired) electrons. The molecule has 2 aromatic rings. The van der Waals surface area contributed by atoms with Crippen molar-refractivity contribution in [2.45, 2.75) is 10.9 Å². The number of piperazine rings is 1. The van der Waals surface area contributed by atoms with Gasteiger partial charge in [-0.3, -0.25) is 4.79 Å². The van der Waals surface area contributed by atoms with E-state index in [2.05, 4.69) is 9.97 Å². The van der Waals surface area contributed by atoms with Crippen molar-refractivity contribution in [3.05, 3.63) is 24.5 Å². The summed E-state index contributed by atoms with van der Waals surface area (Å²) in [4.78, 5) is 21.0. The van der Waals surface area contributed by atoms with E-state index in [9.17, 15) is 13.2 Å². The zero-order valence-electron chi connectivity index (χ0n) is 13.9. The molecule has 2 aromatic heterocycles. The molecular weight excluding hydrogens is 346 g/mol. The summed E-state index contributed by atoms with van der Waals surface area (Å²) in [5.74, 6) is -0.227. The number of fused-ring (bicyclic) bond motifs is 1. The summed E-state index contributed by atoms with van der Waals surface area (Å²) in [6, 6.07) is 2.69. The number of rotatable bonds is 5. The van der Waals surface area contributed by atoms with E-state index in [1.54, 1.807) is 23.2 Å². The van der Waals surface area contributed by atoms with Crippen molar-refractivity contribution in [2.75, 3.05) is 39.9 Å². The van der Waals surface area contributed by atoms with Gasteiger partial charge in [0.05, 0.1) is 6.61 Å². The molecule has 0 spiro atoms. The van der Waals surface area contributed by atoms with Gasteiger partial charge in [0.1, 0.15) is 16.6 Å². The quantitative estimate of drug-likeness (QED) is 0.726. The summed E-state index contributed by atoms with van der Waals surface area (Å²) in [5.41, 5.74) is 6.29. The van der Waals surface area contributed by atoms with Crippen LogP contribution in [0.3, 0.4) is 0 Å². The van der Waals surface area contributed by atoms with Crippen molar-refractivity contribution in [1.29, 1.82) is 0 Å². The van der Waals surface area contributed by atoms with Gasteiger partial charge < -0.3 is 20.4 Å². The average molecular weight is 367 g/mol. The van der Waals surface area contributed by atoms with Gasteiger partial charge in [-0.15, -0.1) is 0 Å². The average Bonchev–Trinajstić information content (AvgIpc) is 3.06. The van der Waals surface area contributed by atoms with Crippen LogP contribution in [0.4, 0.5) is 0 Å². The van der Waals surface area contributed by atoms with Gasteiger partial charge in [-0.25, -0.2) is 13.4 Å². The van der Waals surface area contributed by atoms with Crippen LogP contribution in [0, 0.1) is 0 Å². The van der Waals surface area contributed by atoms with Crippen LogP contribution >= 0.6 is 0 Å². The molecule has 3 rings (SSSR count). The van der Waals surface area contributed by atoms with Gasteiger partial charge in [0.15, 0.2) is 0 Å². The zero-order valence-corrected chi connectivity index (χ0v) is 14.7. The number of pyridine rings is 1. The Hall–Kier alpha value is -2.01. The van der Waals surface area contributed by atoms with Gasteiger partial charge in [0, 0.05) is 51.1 Å². The third kappa shape index (κ3) is 3.38. The summed E-state index contributed by atoms with van der Waals surface area (Å²) in [6.07, 6.45) is 3.06. The Balaban J connectivity index is 1.73. The molecule has 1 atom stereocenters. The van der Waals surface area contributed by atoms with Gasteiger partial charge >= 0.3 is 0 Å². The van der Waals surface area contributed by atoms with Crippen LogP contribution in [0.15, 0.2) is 29.4 Å². The number of aromatic nitrogens is 2. The Bertz CT molecular complexity index is 858. The lowest BCUT2D eigenvalue weighted by Gasteiger charge is -2.35. The second-order valence-corrected chi connectivity index (χ2v) is 7.75. The van der Waals surface area contributed by atoms with E-state index in [0.29, 0.717) is 24.1 Å². The lowest BCUT2D eigenvalue weighted by Crippen LogP contribution is -2.55. The molecule has 10 heteroatoms. The minimum atomic E-state index is -3.66. The molecule has 9 nitrogen and oxygen atoms in total. The van der Waals surface area contributed by atoms with Crippen molar-refractivity contribution < 1.29 is 17.9 Å². The molecular formula is C15H21N5O4S. The first kappa shape index (κ1) is 17.8. The number of hydrogen-bond acceptors (Lipinski definition) is 6. The van der Waals surface area contributed by atoms with Crippen molar-refractivity contribution in [3.63, 3.8) is 0 Å². The monoisotopic (exact) mass is 367 g/mol. The Morgan fingerprint density at radius 1 is 1.40 bits per heavy atom. The third-order valence-corrected chi connectivity index (χ3v) is 6.18. The lowest BCUT2D eigenvalue weighted by atomic mass is 10.2. The molecule has 0 saturated carbocycles. The maximum atomic E-state index is 12.9. The van der Waals surface area contributed by atoms with Crippen molar-refractivity contribution in [1.82, 2.24) is 19.2 Å². The van der Waals surface area contributed by atoms with E-state index < -0.39 is 16.1 Å². The Morgan fingerprint density at radius 2 is 2.12 bits per heavy atom. The van der Waals surface area contributed by atoms with Crippen LogP contribution in [0.25, 0.3) is 11.0 Å². The molecule has 1 saturated heterocycles. The number of nitrogens with two attached hydrogens (primary N) is 1. The first-order valence-corrected chi connectivity index (χ1v) is 9.34. The Morgan fingerprint density at radius 3 is 2.80 bits per heavy atom. The minimum Gasteiger partial charge on any atom is -0.383 e. The van der Waals surface area contributed by atoms with Gasteiger partial charge in [0.25, 0.3) is 0 Å². The number of amides is 1. The highest BCUT2D eigenvalue weighted by atomic mass is 32.2. The van der Waals surface area contributed by atoms with Crippen LogP contribution in [0.1, 0.15) is 0 Å². The maximum absolute atomic E-state index is 12.9. The van der Waals surface area contributed by atoms with Gasteiger partial charge in [-0.05, 0) is 12.1 Å². The highest BCUT2D eigenvalue weighted by Gasteiger charge is 2.33. The third-order valence-electron chi connectivity index (χ3n) is 4.24. The molecule has 3 N–H and O–H groups in total. The van der Waals surface area contributed by atoms with Gasteiger partial charge in [0.2, 0.25) is 15.9 Å². The second kappa shape index (κ2) is 7.08. The molecule has 136 valence electrons. The zero-order chi connectivity index (χ0) is 18.0. The molecule has 0 bridgehead atoms. The van der Waals surface area contributed by atoms with Crippen LogP contribution in [-0.4, -0.2) is 79.4 Å². The SMILES string of the molecule is COCC(N)C(=O)N1CCN(S(=O)(=O)c2c[nH]c3ncccc23)CC1. The number of ether oxygens (including phenoxy) is 1. The van der Waals surface area contributed by atoms with Crippen molar-refractivity contribution >= 4 is 27.0 Å². The fourth-order valence-electron chi connectivity index (χ4n) is 2.92. The number of carbonyl (C=O) groups is 1. The van der Waals surface area contributed by atoms with E-state index >= 15 is 0 Å². The van der Waals surface area contributed by atoms with E-state index in [1.165, 1.54) is 17.6 Å². The lowest BCUT2D eigenvalue weighted by molar-refractivity contribution is -0.134. The van der Waals surface area contributed by atoms with E-state index in [-0.39, 0.29) is 30.5 Å². The standard InChI is InChI=1S/C15H21N5O4S/c1-24-10-12(16)15(21)19-5-7-20(8-6-19)25(22,23)13-9-18-14-11(13)3-2-4-17-14/h2-4,9,12H,5-8,10,16H2,1H3,(H,17,18). The number of carbonyl (C=O) groups excluding carboxylic acids is 1. The molecule has 3 heterocycles. The molecule has 1 unspecified atom stereocenters. The molecule has 1 aliphatic heterocycles. The molecule has 1 aliphatic rings. The normalized spacial score (nSPS) is 17.8. The smallest absolute Gasteiger partial charge is 0.245 e. The molecule has 1 fully saturated rings. The van der Waals surface area contributed by atoms with Crippen LogP contribution in [0.2, 0.25) is 0 Å². The number of hydrogen-bond donors (Lipinski definition) is 2. The van der Waals surface area contributed by atoms with E-state index in [4.69, 9.17) is 10.5 Å². The summed E-state index contributed by atoms with van der Waals surface area (Å²) in [7, 11) is -2.18. The molecule has 0 aromatic carbocycles. The highest BCUT2D eigenvalue weighted by molar-refractivity contribution is 7.89. The van der Waals surface area contributed by atoms with E-state index in [1.807, 2.05) is 0 Å². The van der Waals surface area contributed by atoms with Gasteiger partial charge in [-0.1, -0.05) is 0 Å². The summed E-state index contributed by atoms with van der Waals surface area (Å²) < 4.78 is 32.1. The Labute approximate surface area is 145 Å². The minimum absolute atomic E-state index is 0.139. The van der Waals surface area contributed by atoms with Crippen LogP contribution in [-0.2, 0) is 19.6 Å². The van der Waals surface area contributed by atoms with Crippen LogP contribution in [0.5, 0.6) is 0 Å². The Kier molecular flexibility index (Phi) is 5.04. The second-order valence-electron chi connectivity index (χ2n) is 5.84. The predicted octanol–water partition coefficient (Wildman–Crippen LogP) is -0.630. The molecule has 25 heavy (non-hydrogen) atoms. The highest BCUT2D eigenvalue weighted by Crippen LogP contribution is 2.25. The number of sulfonamides is 1. The van der Waals surface area contributed by atoms with E-state index in [0.717, 1.165) is 0 Å². The fourth-order valence-corrected chi connectivity index (χ4v) is 4.49. The maximum Gasteiger partial charge on any atom is 0.245 e. The number of nitrogens with zero attached hydrogens (tertiary/aromatic N) is 3. The summed E-state index contributed by atoms with van der Waals surface area (Å²) in [5, 5.41) is 0.558. The number of nitrogens with one attached hydrogen (secondary N) is 1. The summed E-state index contributed by atoms with van der Waals surface area (Å²) >= 11 is 0. The topological polar surface area (TPSA) is 122 Å². The fraction of sp³-hybridized carbons (Fsp3) is 0.467. The largest absolute Gasteiger partial charge is 0.383 e. The predicted molar refractivity (Wildman–Crippen MR) is 91.3 cm³/mol. The number of H-pyrrole nitrogens is 1. The first-order valence-electron chi connectivity index (χ1n) is 7.90. The van der Waals surface area contributed by atoms with Crippen LogP contribution < -0.4 is 5.73 Å². The van der Waals surface area contributed by atoms with Crippen molar-refractivity contribution in [2.24, 2.45) is 5.73 Å². The first-order chi connectivity index (χ1) is 11.9. The summed E-state index contributed by atoms with van der Waals surface area (Å²) in [6.45, 7) is 1.19. The van der Waals surface area contributed by atoms with Gasteiger partial charge in [-0.2, -0.15) is 4.31 Å². The number of aromatic amines is 1. The van der Waals surface area contributed by atoms with Crippen molar-refractivity contribution in [3.8, 4) is 0 Å². The molecule has 0 aliphatic carbocycles. The molecule has 1 amide bonds. The number of methoxy groups -OCH3 is 1.